The summed E-state index contributed by atoms with van der Waals surface area (Å²) < 4.78 is 16.3. The molecule has 1 aromatic carbocycles. The zero-order valence-corrected chi connectivity index (χ0v) is 14.2. The molecule has 132 valence electrons. The third-order valence-corrected chi connectivity index (χ3v) is 4.70. The molecule has 2 N–H and O–H groups in total. The standard InChI is InChI=1S/C18H26N2O4/c1-22-9-8-19-13-17(21)20-18(6-2-3-7-18)14-4-5-15-16(12-14)24-11-10-23-15/h4-5,12,19H,2-3,6-11,13H2,1H3,(H,20,21). The lowest BCUT2D eigenvalue weighted by Crippen LogP contribution is -2.47. The van der Waals surface area contributed by atoms with Crippen LogP contribution in [0.4, 0.5) is 0 Å². The fraction of sp³-hybridized carbons (Fsp3) is 0.611. The molecule has 1 fully saturated rings. The maximum absolute atomic E-state index is 12.4. The van der Waals surface area contributed by atoms with Gasteiger partial charge in [0.2, 0.25) is 5.91 Å². The number of ether oxygens (including phenoxy) is 3. The molecule has 0 aromatic heterocycles. The Bertz CT molecular complexity index is 570. The second kappa shape index (κ2) is 7.85. The van der Waals surface area contributed by atoms with Crippen molar-refractivity contribution in [1.82, 2.24) is 10.6 Å². The molecular weight excluding hydrogens is 308 g/mol. The molecule has 2 aliphatic rings. The highest BCUT2D eigenvalue weighted by molar-refractivity contribution is 5.79. The highest BCUT2D eigenvalue weighted by Crippen LogP contribution is 2.42. The fourth-order valence-corrected chi connectivity index (χ4v) is 3.49. The Labute approximate surface area is 142 Å². The first-order valence-corrected chi connectivity index (χ1v) is 8.64. The van der Waals surface area contributed by atoms with Crippen LogP contribution < -0.4 is 20.1 Å². The van der Waals surface area contributed by atoms with E-state index in [1.54, 1.807) is 7.11 Å². The summed E-state index contributed by atoms with van der Waals surface area (Å²) in [6.07, 6.45) is 4.14. The van der Waals surface area contributed by atoms with Gasteiger partial charge in [-0.15, -0.1) is 0 Å². The minimum absolute atomic E-state index is 0.0166. The van der Waals surface area contributed by atoms with Crippen LogP contribution >= 0.6 is 0 Å². The molecule has 1 aliphatic carbocycles. The lowest BCUT2D eigenvalue weighted by molar-refractivity contribution is -0.122. The van der Waals surface area contributed by atoms with Crippen LogP contribution in [0, 0.1) is 0 Å². The van der Waals surface area contributed by atoms with Crippen LogP contribution in [0.3, 0.4) is 0 Å². The van der Waals surface area contributed by atoms with Gasteiger partial charge in [-0.3, -0.25) is 4.79 Å². The number of rotatable bonds is 7. The number of carbonyl (C=O) groups excluding carboxylic acids is 1. The summed E-state index contributed by atoms with van der Waals surface area (Å²) in [5.41, 5.74) is 0.810. The molecule has 6 nitrogen and oxygen atoms in total. The van der Waals surface area contributed by atoms with Crippen LogP contribution in [0.1, 0.15) is 31.2 Å². The summed E-state index contributed by atoms with van der Waals surface area (Å²) in [7, 11) is 1.65. The van der Waals surface area contributed by atoms with Gasteiger partial charge in [-0.2, -0.15) is 0 Å². The quantitative estimate of drug-likeness (QED) is 0.741. The number of amides is 1. The maximum atomic E-state index is 12.4. The highest BCUT2D eigenvalue weighted by Gasteiger charge is 2.37. The fourth-order valence-electron chi connectivity index (χ4n) is 3.49. The molecule has 0 atom stereocenters. The van der Waals surface area contributed by atoms with Gasteiger partial charge < -0.3 is 24.8 Å². The molecule has 1 aliphatic heterocycles. The van der Waals surface area contributed by atoms with Crippen LogP contribution in [0.25, 0.3) is 0 Å². The number of benzene rings is 1. The molecule has 24 heavy (non-hydrogen) atoms. The number of hydrogen-bond donors (Lipinski definition) is 2. The van der Waals surface area contributed by atoms with E-state index in [1.165, 1.54) is 0 Å². The largest absolute Gasteiger partial charge is 0.486 e. The Morgan fingerprint density at radius 2 is 1.96 bits per heavy atom. The number of hydrogen-bond acceptors (Lipinski definition) is 5. The molecule has 6 heteroatoms. The topological polar surface area (TPSA) is 68.8 Å². The predicted molar refractivity (Wildman–Crippen MR) is 90.5 cm³/mol. The van der Waals surface area contributed by atoms with Crippen molar-refractivity contribution in [1.29, 1.82) is 0 Å². The number of carbonyl (C=O) groups is 1. The van der Waals surface area contributed by atoms with E-state index in [4.69, 9.17) is 14.2 Å². The van der Waals surface area contributed by atoms with Gasteiger partial charge in [-0.25, -0.2) is 0 Å². The molecule has 3 rings (SSSR count). The molecule has 0 saturated heterocycles. The van der Waals surface area contributed by atoms with E-state index in [9.17, 15) is 4.79 Å². The van der Waals surface area contributed by atoms with Crippen molar-refractivity contribution in [3.63, 3.8) is 0 Å². The monoisotopic (exact) mass is 334 g/mol. The Morgan fingerprint density at radius 3 is 2.71 bits per heavy atom. The summed E-state index contributed by atoms with van der Waals surface area (Å²) in [6.45, 7) is 2.72. The van der Waals surface area contributed by atoms with Crippen LogP contribution in [0.5, 0.6) is 11.5 Å². The van der Waals surface area contributed by atoms with Gasteiger partial charge in [0.05, 0.1) is 18.7 Å². The smallest absolute Gasteiger partial charge is 0.234 e. The average molecular weight is 334 g/mol. The van der Waals surface area contributed by atoms with Gasteiger partial charge in [0, 0.05) is 13.7 Å². The lowest BCUT2D eigenvalue weighted by Gasteiger charge is -2.32. The van der Waals surface area contributed by atoms with Gasteiger partial charge in [0.15, 0.2) is 11.5 Å². The van der Waals surface area contributed by atoms with Gasteiger partial charge in [0.25, 0.3) is 0 Å². The zero-order chi connectivity index (χ0) is 16.8. The number of methoxy groups -OCH3 is 1. The van der Waals surface area contributed by atoms with E-state index in [1.807, 2.05) is 12.1 Å². The van der Waals surface area contributed by atoms with E-state index >= 15 is 0 Å². The van der Waals surface area contributed by atoms with Crippen LogP contribution in [-0.4, -0.2) is 45.9 Å². The summed E-state index contributed by atoms with van der Waals surface area (Å²) in [5, 5.41) is 6.35. The van der Waals surface area contributed by atoms with E-state index in [2.05, 4.69) is 16.7 Å². The van der Waals surface area contributed by atoms with E-state index < -0.39 is 0 Å². The highest BCUT2D eigenvalue weighted by atomic mass is 16.6. The summed E-state index contributed by atoms with van der Waals surface area (Å²) in [4.78, 5) is 12.4. The van der Waals surface area contributed by atoms with Crippen molar-refractivity contribution >= 4 is 5.91 Å². The summed E-state index contributed by atoms with van der Waals surface area (Å²) >= 11 is 0. The average Bonchev–Trinajstić information content (AvgIpc) is 3.08. The van der Waals surface area contributed by atoms with Crippen LogP contribution in [0.2, 0.25) is 0 Å². The van der Waals surface area contributed by atoms with Crippen molar-refractivity contribution in [3.8, 4) is 11.5 Å². The molecule has 0 radical (unpaired) electrons. The summed E-state index contributed by atoms with van der Waals surface area (Å²) in [6, 6.07) is 6.03. The van der Waals surface area contributed by atoms with Crippen LogP contribution in [-0.2, 0) is 15.1 Å². The van der Waals surface area contributed by atoms with E-state index in [0.29, 0.717) is 32.9 Å². The van der Waals surface area contributed by atoms with Crippen molar-refractivity contribution in [2.75, 3.05) is 40.0 Å². The first kappa shape index (κ1) is 17.0. The SMILES string of the molecule is COCCNCC(=O)NC1(c2ccc3c(c2)OCCO3)CCCC1. The van der Waals surface area contributed by atoms with Gasteiger partial charge in [-0.1, -0.05) is 18.9 Å². The molecule has 1 saturated carbocycles. The molecule has 1 aromatic rings. The molecular formula is C18H26N2O4. The van der Waals surface area contributed by atoms with E-state index in [0.717, 1.165) is 42.7 Å². The molecule has 0 spiro atoms. The number of nitrogens with one attached hydrogen (secondary N) is 2. The minimum atomic E-state index is -0.296. The van der Waals surface area contributed by atoms with Gasteiger partial charge >= 0.3 is 0 Å². The Hall–Kier alpha value is -1.79. The van der Waals surface area contributed by atoms with Crippen molar-refractivity contribution in [3.05, 3.63) is 23.8 Å². The Kier molecular flexibility index (Phi) is 5.58. The van der Waals surface area contributed by atoms with Gasteiger partial charge in [-0.05, 0) is 30.5 Å². The first-order valence-electron chi connectivity index (χ1n) is 8.64. The second-order valence-corrected chi connectivity index (χ2v) is 6.37. The molecule has 1 amide bonds. The normalized spacial score (nSPS) is 18.4. The third-order valence-electron chi connectivity index (χ3n) is 4.70. The Balaban J connectivity index is 1.70. The molecule has 0 bridgehead atoms. The van der Waals surface area contributed by atoms with Crippen molar-refractivity contribution < 1.29 is 19.0 Å². The first-order chi connectivity index (χ1) is 11.7. The zero-order valence-electron chi connectivity index (χ0n) is 14.2. The maximum Gasteiger partial charge on any atom is 0.234 e. The Morgan fingerprint density at radius 1 is 1.21 bits per heavy atom. The van der Waals surface area contributed by atoms with Crippen molar-refractivity contribution in [2.24, 2.45) is 0 Å². The minimum Gasteiger partial charge on any atom is -0.486 e. The van der Waals surface area contributed by atoms with E-state index in [-0.39, 0.29) is 11.4 Å². The second-order valence-electron chi connectivity index (χ2n) is 6.37. The lowest BCUT2D eigenvalue weighted by atomic mass is 9.87. The third kappa shape index (κ3) is 3.82. The van der Waals surface area contributed by atoms with Gasteiger partial charge in [0.1, 0.15) is 13.2 Å². The predicted octanol–water partition coefficient (Wildman–Crippen LogP) is 1.58. The van der Waals surface area contributed by atoms with Crippen LogP contribution in [0.15, 0.2) is 18.2 Å². The molecule has 1 heterocycles. The van der Waals surface area contributed by atoms with Crippen molar-refractivity contribution in [2.45, 2.75) is 31.2 Å². The molecule has 0 unspecified atom stereocenters. The summed E-state index contributed by atoms with van der Waals surface area (Å²) in [5.74, 6) is 1.58. The number of fused-ring (bicyclic) bond motifs is 1.